The van der Waals surface area contributed by atoms with Gasteiger partial charge in [0.1, 0.15) is 6.54 Å². The average Bonchev–Trinajstić information content (AvgIpc) is 3.49. The highest BCUT2D eigenvalue weighted by atomic mass is 127. The molecule has 194 valence electrons. The Balaban J connectivity index is 1.46. The van der Waals surface area contributed by atoms with E-state index < -0.39 is 11.1 Å². The van der Waals surface area contributed by atoms with Crippen LogP contribution in [0.15, 0.2) is 47.4 Å². The Kier molecular flexibility index (Phi) is 9.09. The highest BCUT2D eigenvalue weighted by molar-refractivity contribution is 14.1. The van der Waals surface area contributed by atoms with Crippen molar-refractivity contribution in [3.05, 3.63) is 56.5 Å². The van der Waals surface area contributed by atoms with E-state index in [1.807, 2.05) is 25.1 Å². The van der Waals surface area contributed by atoms with Crippen molar-refractivity contribution in [3.63, 3.8) is 0 Å². The predicted octanol–water partition coefficient (Wildman–Crippen LogP) is 4.37. The van der Waals surface area contributed by atoms with Gasteiger partial charge in [0.25, 0.3) is 17.1 Å². The number of nitrogens with zero attached hydrogens (tertiary/aromatic N) is 2. The van der Waals surface area contributed by atoms with Crippen LogP contribution in [-0.2, 0) is 14.4 Å². The van der Waals surface area contributed by atoms with Gasteiger partial charge in [0.15, 0.2) is 18.1 Å². The maximum absolute atomic E-state index is 12.9. The Bertz CT molecular complexity index is 1230. The molecule has 2 aliphatic rings. The Morgan fingerprint density at radius 1 is 1.11 bits per heavy atom. The van der Waals surface area contributed by atoms with Gasteiger partial charge in [0, 0.05) is 18.8 Å². The predicted molar refractivity (Wildman–Crippen MR) is 149 cm³/mol. The summed E-state index contributed by atoms with van der Waals surface area (Å²) in [6.07, 6.45) is 3.47. The van der Waals surface area contributed by atoms with E-state index in [9.17, 15) is 19.2 Å². The molecule has 0 radical (unpaired) electrons. The number of hydrogen-bond acceptors (Lipinski definition) is 7. The van der Waals surface area contributed by atoms with Crippen LogP contribution in [0.25, 0.3) is 6.08 Å². The molecule has 0 atom stereocenters. The van der Waals surface area contributed by atoms with E-state index in [4.69, 9.17) is 9.47 Å². The number of halogens is 1. The molecule has 0 aromatic heterocycles. The minimum absolute atomic E-state index is 0.214. The van der Waals surface area contributed by atoms with Gasteiger partial charge in [0.2, 0.25) is 5.91 Å². The molecular formula is C26H26IN3O6S. The molecule has 0 aliphatic carbocycles. The normalized spacial score (nSPS) is 16.4. The van der Waals surface area contributed by atoms with Gasteiger partial charge in [-0.1, -0.05) is 18.2 Å². The number of imide groups is 1. The number of ether oxygens (including phenoxy) is 2. The molecule has 11 heteroatoms. The fourth-order valence-corrected chi connectivity index (χ4v) is 5.54. The van der Waals surface area contributed by atoms with Gasteiger partial charge >= 0.3 is 0 Å². The molecule has 2 aromatic carbocycles. The first-order chi connectivity index (χ1) is 17.9. The van der Waals surface area contributed by atoms with Crippen molar-refractivity contribution >= 4 is 69.1 Å². The molecule has 0 bridgehead atoms. The number of nitrogens with one attached hydrogen (secondary N) is 1. The zero-order chi connectivity index (χ0) is 26.4. The molecule has 2 aliphatic heterocycles. The third kappa shape index (κ3) is 6.83. The summed E-state index contributed by atoms with van der Waals surface area (Å²) < 4.78 is 12.2. The molecular weight excluding hydrogens is 609 g/mol. The van der Waals surface area contributed by atoms with E-state index in [1.54, 1.807) is 35.2 Å². The molecule has 0 spiro atoms. The van der Waals surface area contributed by atoms with Gasteiger partial charge in [-0.15, -0.1) is 0 Å². The smallest absolute Gasteiger partial charge is 0.294 e. The third-order valence-electron chi connectivity index (χ3n) is 5.66. The summed E-state index contributed by atoms with van der Waals surface area (Å²) in [7, 11) is 0. The number of likely N-dealkylation sites (tertiary alicyclic amines) is 1. The maximum Gasteiger partial charge on any atom is 0.294 e. The van der Waals surface area contributed by atoms with Crippen LogP contribution in [0.2, 0.25) is 0 Å². The van der Waals surface area contributed by atoms with E-state index in [0.717, 1.165) is 29.5 Å². The highest BCUT2D eigenvalue weighted by Gasteiger charge is 2.37. The lowest BCUT2D eigenvalue weighted by atomic mass is 10.2. The minimum Gasteiger partial charge on any atom is -0.490 e. The van der Waals surface area contributed by atoms with Crippen molar-refractivity contribution in [3.8, 4) is 11.5 Å². The van der Waals surface area contributed by atoms with Gasteiger partial charge in [0.05, 0.1) is 15.1 Å². The van der Waals surface area contributed by atoms with Crippen LogP contribution >= 0.6 is 34.4 Å². The zero-order valence-electron chi connectivity index (χ0n) is 20.2. The van der Waals surface area contributed by atoms with E-state index in [2.05, 4.69) is 27.9 Å². The van der Waals surface area contributed by atoms with Crippen LogP contribution in [0, 0.1) is 3.57 Å². The lowest BCUT2D eigenvalue weighted by molar-refractivity contribution is -0.135. The van der Waals surface area contributed by atoms with E-state index in [1.165, 1.54) is 0 Å². The van der Waals surface area contributed by atoms with Gasteiger partial charge in [-0.05, 0) is 90.0 Å². The van der Waals surface area contributed by atoms with Gasteiger partial charge in [-0.25, -0.2) is 0 Å². The first-order valence-corrected chi connectivity index (χ1v) is 13.7. The lowest BCUT2D eigenvalue weighted by Gasteiger charge is -2.18. The van der Waals surface area contributed by atoms with Crippen LogP contribution in [0.5, 0.6) is 11.5 Å². The standard InChI is InChI=1S/C26H26IN3O6S/c1-2-35-20-13-17(12-19(27)24(20)36-16-22(31)28-18-8-4-3-5-9-18)14-21-25(33)30(26(34)37-21)15-23(32)29-10-6-7-11-29/h3-5,8-9,12-14H,2,6-7,10-11,15-16H2,1H3,(H,28,31)/b21-14-. The minimum atomic E-state index is -0.492. The van der Waals surface area contributed by atoms with Crippen molar-refractivity contribution in [1.29, 1.82) is 0 Å². The fourth-order valence-electron chi connectivity index (χ4n) is 3.92. The number of carbonyl (C=O) groups excluding carboxylic acids is 4. The second kappa shape index (κ2) is 12.5. The van der Waals surface area contributed by atoms with Crippen molar-refractivity contribution in [1.82, 2.24) is 9.80 Å². The largest absolute Gasteiger partial charge is 0.490 e. The SMILES string of the molecule is CCOc1cc(/C=C2\SC(=O)N(CC(=O)N3CCCC3)C2=O)cc(I)c1OCC(=O)Nc1ccccc1. The van der Waals surface area contributed by atoms with Crippen LogP contribution in [-0.4, -0.2) is 65.6 Å². The molecule has 9 nitrogen and oxygen atoms in total. The lowest BCUT2D eigenvalue weighted by Crippen LogP contribution is -2.40. The number of rotatable bonds is 9. The van der Waals surface area contributed by atoms with E-state index in [-0.39, 0.29) is 29.9 Å². The number of amides is 4. The van der Waals surface area contributed by atoms with Crippen molar-refractivity contribution < 1.29 is 28.7 Å². The van der Waals surface area contributed by atoms with Crippen molar-refractivity contribution in [2.24, 2.45) is 0 Å². The molecule has 2 saturated heterocycles. The Labute approximate surface area is 232 Å². The molecule has 1 N–H and O–H groups in total. The summed E-state index contributed by atoms with van der Waals surface area (Å²) in [5.74, 6) is -0.199. The number of anilines is 1. The van der Waals surface area contributed by atoms with Crippen LogP contribution in [0.3, 0.4) is 0 Å². The summed E-state index contributed by atoms with van der Waals surface area (Å²) in [6, 6.07) is 12.5. The van der Waals surface area contributed by atoms with Gasteiger partial charge < -0.3 is 19.7 Å². The van der Waals surface area contributed by atoms with Crippen LogP contribution < -0.4 is 14.8 Å². The Morgan fingerprint density at radius 3 is 2.54 bits per heavy atom. The van der Waals surface area contributed by atoms with Gasteiger partial charge in [-0.2, -0.15) is 0 Å². The number of benzene rings is 2. The Morgan fingerprint density at radius 2 is 1.84 bits per heavy atom. The molecule has 2 heterocycles. The van der Waals surface area contributed by atoms with Crippen molar-refractivity contribution in [2.45, 2.75) is 19.8 Å². The summed E-state index contributed by atoms with van der Waals surface area (Å²) >= 11 is 2.88. The number of thioether (sulfide) groups is 1. The summed E-state index contributed by atoms with van der Waals surface area (Å²) in [5.41, 5.74) is 1.30. The average molecular weight is 635 g/mol. The fraction of sp³-hybridized carbons (Fsp3) is 0.308. The number of para-hydroxylation sites is 1. The van der Waals surface area contributed by atoms with E-state index in [0.29, 0.717) is 46.0 Å². The number of carbonyl (C=O) groups is 4. The highest BCUT2D eigenvalue weighted by Crippen LogP contribution is 2.37. The number of hydrogen-bond donors (Lipinski definition) is 1. The quantitative estimate of drug-likeness (QED) is 0.323. The molecule has 4 amide bonds. The maximum atomic E-state index is 12.9. The Hall–Kier alpha value is -3.06. The molecule has 0 saturated carbocycles. The summed E-state index contributed by atoms with van der Waals surface area (Å²) in [4.78, 5) is 53.1. The zero-order valence-corrected chi connectivity index (χ0v) is 23.2. The summed E-state index contributed by atoms with van der Waals surface area (Å²) in [6.45, 7) is 3.04. The van der Waals surface area contributed by atoms with E-state index >= 15 is 0 Å². The summed E-state index contributed by atoms with van der Waals surface area (Å²) in [5, 5.41) is 2.30. The second-order valence-electron chi connectivity index (χ2n) is 8.32. The molecule has 37 heavy (non-hydrogen) atoms. The monoisotopic (exact) mass is 635 g/mol. The third-order valence-corrected chi connectivity index (χ3v) is 7.37. The molecule has 2 fully saturated rings. The first kappa shape index (κ1) is 27.0. The molecule has 0 unspecified atom stereocenters. The molecule has 4 rings (SSSR count). The topological polar surface area (TPSA) is 105 Å². The first-order valence-electron chi connectivity index (χ1n) is 11.8. The van der Waals surface area contributed by atoms with Crippen LogP contribution in [0.1, 0.15) is 25.3 Å². The second-order valence-corrected chi connectivity index (χ2v) is 10.5. The van der Waals surface area contributed by atoms with Gasteiger partial charge in [-0.3, -0.25) is 24.1 Å². The molecule has 2 aromatic rings. The van der Waals surface area contributed by atoms with Crippen LogP contribution in [0.4, 0.5) is 10.5 Å². The van der Waals surface area contributed by atoms with Crippen molar-refractivity contribution in [2.75, 3.05) is 38.2 Å².